The summed E-state index contributed by atoms with van der Waals surface area (Å²) in [5, 5.41) is 8.80. The Labute approximate surface area is 103 Å². The lowest BCUT2D eigenvalue weighted by Crippen LogP contribution is -2.06. The van der Waals surface area contributed by atoms with Crippen molar-refractivity contribution in [3.63, 3.8) is 0 Å². The Bertz CT molecular complexity index is 425. The molecule has 0 atom stereocenters. The summed E-state index contributed by atoms with van der Waals surface area (Å²) in [7, 11) is 0. The maximum absolute atomic E-state index is 11.4. The maximum atomic E-state index is 11.4. The van der Waals surface area contributed by atoms with E-state index in [2.05, 4.69) is 4.74 Å². The number of thioether (sulfide) groups is 1. The van der Waals surface area contributed by atoms with Gasteiger partial charge in [0.05, 0.1) is 4.91 Å². The van der Waals surface area contributed by atoms with Crippen LogP contribution in [0.1, 0.15) is 6.92 Å². The number of hydrogen-bond acceptors (Lipinski definition) is 5. The second-order valence-electron chi connectivity index (χ2n) is 3.09. The fourth-order valence-electron chi connectivity index (χ4n) is 0.977. The monoisotopic (exact) mass is 252 g/mol. The van der Waals surface area contributed by atoms with Crippen molar-refractivity contribution in [3.05, 3.63) is 41.5 Å². The number of hydrogen-bond donors (Lipinski definition) is 1. The Morgan fingerprint density at radius 2 is 2.00 bits per heavy atom. The molecule has 1 N–H and O–H groups in total. The summed E-state index contributed by atoms with van der Waals surface area (Å²) in [6, 6.07) is 9.14. The first kappa shape index (κ1) is 13.5. The molecule has 0 heterocycles. The van der Waals surface area contributed by atoms with Crippen LogP contribution in [-0.2, 0) is 14.3 Å². The number of carbonyl (C=O) groups is 2. The molecule has 0 aliphatic rings. The molecule has 0 aliphatic heterocycles. The van der Waals surface area contributed by atoms with Crippen molar-refractivity contribution in [2.75, 3.05) is 6.61 Å². The second kappa shape index (κ2) is 6.88. The highest BCUT2D eigenvalue weighted by Gasteiger charge is 2.11. The highest BCUT2D eigenvalue weighted by atomic mass is 32.2. The number of Topliss-reactive ketones (excluding diaryl/α,β-unsaturated/α-hetero) is 1. The Morgan fingerprint density at radius 1 is 1.35 bits per heavy atom. The van der Waals surface area contributed by atoms with Gasteiger partial charge in [-0.05, 0) is 12.1 Å². The molecular formula is C12H12O4S. The molecular weight excluding hydrogens is 240 g/mol. The minimum Gasteiger partial charge on any atom is -0.433 e. The molecule has 0 aliphatic carbocycles. The van der Waals surface area contributed by atoms with Crippen LogP contribution in [0.4, 0.5) is 0 Å². The molecule has 0 aromatic heterocycles. The van der Waals surface area contributed by atoms with Gasteiger partial charge in [0.1, 0.15) is 12.9 Å². The quantitative estimate of drug-likeness (QED) is 0.374. The lowest BCUT2D eigenvalue weighted by Gasteiger charge is -2.04. The highest BCUT2D eigenvalue weighted by molar-refractivity contribution is 8.04. The molecule has 90 valence electrons. The molecule has 5 heteroatoms. The van der Waals surface area contributed by atoms with E-state index >= 15 is 0 Å². The Morgan fingerprint density at radius 3 is 2.53 bits per heavy atom. The lowest BCUT2D eigenvalue weighted by molar-refractivity contribution is -0.135. The largest absolute Gasteiger partial charge is 0.433 e. The SMILES string of the molecule is CC(=O)O/C=C(\Sc1ccccc1)C(=O)CO. The van der Waals surface area contributed by atoms with Gasteiger partial charge in [-0.15, -0.1) is 0 Å². The Balaban J connectivity index is 2.81. The van der Waals surface area contributed by atoms with Gasteiger partial charge in [-0.1, -0.05) is 30.0 Å². The minimum atomic E-state index is -0.618. The van der Waals surface area contributed by atoms with Gasteiger partial charge in [0.15, 0.2) is 5.78 Å². The number of carbonyl (C=O) groups excluding carboxylic acids is 2. The fraction of sp³-hybridized carbons (Fsp3) is 0.167. The van der Waals surface area contributed by atoms with E-state index in [4.69, 9.17) is 5.11 Å². The average Bonchev–Trinajstić information content (AvgIpc) is 2.34. The summed E-state index contributed by atoms with van der Waals surface area (Å²) in [6.07, 6.45) is 1.07. The molecule has 0 amide bonds. The number of rotatable bonds is 5. The highest BCUT2D eigenvalue weighted by Crippen LogP contribution is 2.26. The molecule has 17 heavy (non-hydrogen) atoms. The third kappa shape index (κ3) is 4.84. The Hall–Kier alpha value is -1.59. The van der Waals surface area contributed by atoms with Gasteiger partial charge in [-0.3, -0.25) is 9.59 Å². The van der Waals surface area contributed by atoms with Crippen molar-refractivity contribution in [1.82, 2.24) is 0 Å². The van der Waals surface area contributed by atoms with Crippen molar-refractivity contribution in [3.8, 4) is 0 Å². The molecule has 0 saturated heterocycles. The molecule has 4 nitrogen and oxygen atoms in total. The molecule has 0 unspecified atom stereocenters. The van der Waals surface area contributed by atoms with E-state index in [-0.39, 0.29) is 4.91 Å². The van der Waals surface area contributed by atoms with E-state index in [0.29, 0.717) is 0 Å². The first-order valence-electron chi connectivity index (χ1n) is 4.88. The first-order valence-corrected chi connectivity index (χ1v) is 5.69. The summed E-state index contributed by atoms with van der Waals surface area (Å²) in [4.78, 5) is 23.1. The number of aliphatic hydroxyl groups excluding tert-OH is 1. The summed E-state index contributed by atoms with van der Waals surface area (Å²) >= 11 is 1.14. The smallest absolute Gasteiger partial charge is 0.307 e. The molecule has 0 spiro atoms. The third-order valence-corrected chi connectivity index (χ3v) is 2.77. The predicted octanol–water partition coefficient (Wildman–Crippen LogP) is 1.74. The first-order chi connectivity index (χ1) is 8.13. The molecule has 0 saturated carbocycles. The van der Waals surface area contributed by atoms with Crippen LogP contribution in [0.2, 0.25) is 0 Å². The van der Waals surface area contributed by atoms with E-state index in [1.165, 1.54) is 6.92 Å². The number of aliphatic hydroxyl groups is 1. The van der Waals surface area contributed by atoms with Gasteiger partial charge in [0, 0.05) is 11.8 Å². The zero-order valence-electron chi connectivity index (χ0n) is 9.25. The number of ether oxygens (including phenoxy) is 1. The van der Waals surface area contributed by atoms with Crippen molar-refractivity contribution < 1.29 is 19.4 Å². The van der Waals surface area contributed by atoms with Gasteiger partial charge in [0.2, 0.25) is 0 Å². The van der Waals surface area contributed by atoms with Gasteiger partial charge < -0.3 is 9.84 Å². The lowest BCUT2D eigenvalue weighted by atomic mass is 10.4. The van der Waals surface area contributed by atoms with Crippen LogP contribution in [0.25, 0.3) is 0 Å². The van der Waals surface area contributed by atoms with E-state index in [0.717, 1.165) is 22.9 Å². The van der Waals surface area contributed by atoms with E-state index < -0.39 is 18.4 Å². The van der Waals surface area contributed by atoms with Crippen LogP contribution in [0, 0.1) is 0 Å². The normalized spacial score (nSPS) is 11.1. The fourth-order valence-corrected chi connectivity index (χ4v) is 1.80. The van der Waals surface area contributed by atoms with Crippen LogP contribution in [0.15, 0.2) is 46.4 Å². The molecule has 0 bridgehead atoms. The van der Waals surface area contributed by atoms with Crippen LogP contribution in [0.3, 0.4) is 0 Å². The van der Waals surface area contributed by atoms with Crippen molar-refractivity contribution in [2.24, 2.45) is 0 Å². The summed E-state index contributed by atoms with van der Waals surface area (Å²) in [5.41, 5.74) is 0. The zero-order valence-corrected chi connectivity index (χ0v) is 10.1. The Kier molecular flexibility index (Phi) is 5.45. The molecule has 0 fully saturated rings. The van der Waals surface area contributed by atoms with Crippen LogP contribution in [0.5, 0.6) is 0 Å². The van der Waals surface area contributed by atoms with E-state index in [1.807, 2.05) is 30.3 Å². The predicted molar refractivity (Wildman–Crippen MR) is 64.2 cm³/mol. The number of esters is 1. The topological polar surface area (TPSA) is 63.6 Å². The molecule has 1 aromatic rings. The summed E-state index contributed by atoms with van der Waals surface area (Å²) in [5.74, 6) is -0.998. The van der Waals surface area contributed by atoms with Crippen LogP contribution < -0.4 is 0 Å². The molecule has 1 rings (SSSR count). The number of benzene rings is 1. The van der Waals surface area contributed by atoms with Crippen LogP contribution in [-0.4, -0.2) is 23.5 Å². The third-order valence-electron chi connectivity index (χ3n) is 1.72. The second-order valence-corrected chi connectivity index (χ2v) is 4.20. The van der Waals surface area contributed by atoms with Crippen molar-refractivity contribution in [1.29, 1.82) is 0 Å². The van der Waals surface area contributed by atoms with Gasteiger partial charge in [-0.25, -0.2) is 0 Å². The van der Waals surface area contributed by atoms with E-state index in [9.17, 15) is 9.59 Å². The summed E-state index contributed by atoms with van der Waals surface area (Å²) < 4.78 is 4.65. The average molecular weight is 252 g/mol. The number of ketones is 1. The molecule has 0 radical (unpaired) electrons. The standard InChI is InChI=1S/C12H12O4S/c1-9(14)16-8-12(11(15)7-13)17-10-5-3-2-4-6-10/h2-6,8,13H,7H2,1H3/b12-8-. The van der Waals surface area contributed by atoms with Gasteiger partial charge in [-0.2, -0.15) is 0 Å². The van der Waals surface area contributed by atoms with E-state index in [1.54, 1.807) is 0 Å². The van der Waals surface area contributed by atoms with Gasteiger partial charge >= 0.3 is 5.97 Å². The van der Waals surface area contributed by atoms with Crippen molar-refractivity contribution in [2.45, 2.75) is 11.8 Å². The molecule has 1 aromatic carbocycles. The summed E-state index contributed by atoms with van der Waals surface area (Å²) in [6.45, 7) is 0.623. The minimum absolute atomic E-state index is 0.189. The maximum Gasteiger partial charge on any atom is 0.307 e. The van der Waals surface area contributed by atoms with Gasteiger partial charge in [0.25, 0.3) is 0 Å². The van der Waals surface area contributed by atoms with Crippen LogP contribution >= 0.6 is 11.8 Å². The van der Waals surface area contributed by atoms with Crippen molar-refractivity contribution >= 4 is 23.5 Å². The zero-order chi connectivity index (χ0) is 12.7.